The molecule has 4 rings (SSSR count). The fraction of sp³-hybridized carbons (Fsp3) is 0.185. The second-order valence-electron chi connectivity index (χ2n) is 8.29. The third kappa shape index (κ3) is 4.98. The number of carbonyl (C=O) groups excluding carboxylic acids is 1. The predicted octanol–water partition coefficient (Wildman–Crippen LogP) is 3.36. The summed E-state index contributed by atoms with van der Waals surface area (Å²) in [4.78, 5) is 40.9. The summed E-state index contributed by atoms with van der Waals surface area (Å²) >= 11 is 0. The number of amides is 1. The Hall–Kier alpha value is -4.84. The number of fused-ring (bicyclic) bond motifs is 1. The number of aromatic nitrogens is 3. The van der Waals surface area contributed by atoms with Crippen LogP contribution >= 0.6 is 0 Å². The fourth-order valence-electron chi connectivity index (χ4n) is 3.82. The van der Waals surface area contributed by atoms with Crippen LogP contribution in [-0.2, 0) is 6.42 Å². The van der Waals surface area contributed by atoms with E-state index >= 15 is 0 Å². The average molecular weight is 481 g/mol. The topological polar surface area (TPSA) is 133 Å². The molecular formula is C27H24N6O3. The molecule has 4 aromatic rings. The van der Waals surface area contributed by atoms with Crippen molar-refractivity contribution in [3.8, 4) is 11.8 Å². The minimum atomic E-state index is -0.719. The second-order valence-corrected chi connectivity index (χ2v) is 8.29. The van der Waals surface area contributed by atoms with E-state index in [0.29, 0.717) is 11.2 Å². The van der Waals surface area contributed by atoms with E-state index in [0.717, 1.165) is 29.3 Å². The van der Waals surface area contributed by atoms with Crippen LogP contribution in [0.4, 0.5) is 0 Å². The lowest BCUT2D eigenvalue weighted by molar-refractivity contribution is 0.0947. The van der Waals surface area contributed by atoms with Crippen molar-refractivity contribution in [3.63, 3.8) is 0 Å². The first-order valence-corrected chi connectivity index (χ1v) is 11.5. The van der Waals surface area contributed by atoms with Crippen molar-refractivity contribution in [2.75, 3.05) is 0 Å². The molecule has 0 saturated carbocycles. The number of hydrogen-bond donors (Lipinski definition) is 2. The molecule has 2 aromatic carbocycles. The van der Waals surface area contributed by atoms with Crippen LogP contribution in [0.25, 0.3) is 16.6 Å². The number of unbranched alkanes of at least 4 members (excludes halogenated alkanes) is 1. The fourth-order valence-corrected chi connectivity index (χ4v) is 3.82. The Morgan fingerprint density at radius 3 is 2.69 bits per heavy atom. The van der Waals surface area contributed by atoms with Gasteiger partial charge in [0.05, 0.1) is 17.5 Å². The van der Waals surface area contributed by atoms with Gasteiger partial charge in [0.2, 0.25) is 0 Å². The lowest BCUT2D eigenvalue weighted by atomic mass is 10.0. The molecule has 2 aromatic heterocycles. The number of hydrazone groups is 1. The number of H-pyrrole nitrogens is 1. The van der Waals surface area contributed by atoms with Crippen LogP contribution in [0.1, 0.15) is 52.5 Å². The zero-order valence-corrected chi connectivity index (χ0v) is 19.9. The molecule has 0 bridgehead atoms. The van der Waals surface area contributed by atoms with E-state index in [4.69, 9.17) is 0 Å². The molecule has 0 spiro atoms. The van der Waals surface area contributed by atoms with Gasteiger partial charge in [0.25, 0.3) is 17.0 Å². The first-order valence-electron chi connectivity index (χ1n) is 11.5. The summed E-state index contributed by atoms with van der Waals surface area (Å²) in [6, 6.07) is 18.0. The van der Waals surface area contributed by atoms with Crippen molar-refractivity contribution >= 4 is 23.0 Å². The molecule has 1 amide bonds. The van der Waals surface area contributed by atoms with E-state index in [1.807, 2.05) is 24.3 Å². The van der Waals surface area contributed by atoms with E-state index in [-0.39, 0.29) is 27.9 Å². The Morgan fingerprint density at radius 2 is 1.97 bits per heavy atom. The summed E-state index contributed by atoms with van der Waals surface area (Å²) in [5.74, 6) is -0.719. The normalized spacial score (nSPS) is 11.0. The van der Waals surface area contributed by atoms with E-state index in [2.05, 4.69) is 27.5 Å². The van der Waals surface area contributed by atoms with E-state index in [1.54, 1.807) is 36.4 Å². The highest BCUT2D eigenvalue weighted by Crippen LogP contribution is 2.15. The molecule has 0 aliphatic carbocycles. The zero-order chi connectivity index (χ0) is 25.7. The van der Waals surface area contributed by atoms with Crippen LogP contribution < -0.4 is 16.5 Å². The quantitative estimate of drug-likeness (QED) is 0.309. The molecule has 0 saturated heterocycles. The standard InChI is InChI=1S/C27H24N6O3/c1-3-4-8-18-11-12-23-19(13-18)14-20(25(34)30-23)16-29-31-26(35)24-17(2)22(15-28)27(36)33(32-24)21-9-6-5-7-10-21/h5-7,9-14,16H,3-4,8H2,1-2H3,(H,30,34)(H,31,35)/b29-16+. The van der Waals surface area contributed by atoms with Crippen molar-refractivity contribution in [3.05, 3.63) is 103 Å². The summed E-state index contributed by atoms with van der Waals surface area (Å²) in [5.41, 5.74) is 3.78. The van der Waals surface area contributed by atoms with Gasteiger partial charge in [0.1, 0.15) is 11.6 Å². The molecule has 9 nitrogen and oxygen atoms in total. The molecule has 0 fully saturated rings. The smallest absolute Gasteiger partial charge is 0.292 e. The minimum absolute atomic E-state index is 0.125. The third-order valence-corrected chi connectivity index (χ3v) is 5.79. The summed E-state index contributed by atoms with van der Waals surface area (Å²) < 4.78 is 1.01. The Morgan fingerprint density at radius 1 is 1.19 bits per heavy atom. The summed E-state index contributed by atoms with van der Waals surface area (Å²) in [6.07, 6.45) is 4.37. The molecule has 2 N–H and O–H groups in total. The van der Waals surface area contributed by atoms with Gasteiger partial charge in [0, 0.05) is 11.1 Å². The number of hydrogen-bond acceptors (Lipinski definition) is 6. The van der Waals surface area contributed by atoms with Gasteiger partial charge in [-0.05, 0) is 61.0 Å². The predicted molar refractivity (Wildman–Crippen MR) is 138 cm³/mol. The number of benzene rings is 2. The number of nitriles is 1. The number of pyridine rings is 1. The highest BCUT2D eigenvalue weighted by Gasteiger charge is 2.20. The van der Waals surface area contributed by atoms with Gasteiger partial charge in [-0.3, -0.25) is 14.4 Å². The maximum absolute atomic E-state index is 12.9. The van der Waals surface area contributed by atoms with Crippen LogP contribution in [0.5, 0.6) is 0 Å². The molecule has 9 heteroatoms. The molecule has 36 heavy (non-hydrogen) atoms. The van der Waals surface area contributed by atoms with Gasteiger partial charge >= 0.3 is 0 Å². The first-order chi connectivity index (χ1) is 17.4. The molecule has 180 valence electrons. The largest absolute Gasteiger partial charge is 0.321 e. The summed E-state index contributed by atoms with van der Waals surface area (Å²) in [5, 5.41) is 18.5. The van der Waals surface area contributed by atoms with Crippen molar-refractivity contribution < 1.29 is 4.79 Å². The number of aryl methyl sites for hydroxylation is 1. The molecule has 0 aliphatic heterocycles. The van der Waals surface area contributed by atoms with Gasteiger partial charge in [-0.25, -0.2) is 5.43 Å². The van der Waals surface area contributed by atoms with E-state index < -0.39 is 11.5 Å². The number of para-hydroxylation sites is 1. The highest BCUT2D eigenvalue weighted by atomic mass is 16.2. The Bertz CT molecular complexity index is 1630. The van der Waals surface area contributed by atoms with Gasteiger partial charge in [-0.2, -0.15) is 20.1 Å². The van der Waals surface area contributed by atoms with Crippen molar-refractivity contribution in [1.29, 1.82) is 5.26 Å². The third-order valence-electron chi connectivity index (χ3n) is 5.79. The lowest BCUT2D eigenvalue weighted by Crippen LogP contribution is -2.31. The van der Waals surface area contributed by atoms with Crippen LogP contribution in [0.15, 0.2) is 69.3 Å². The molecular weight excluding hydrogens is 456 g/mol. The molecule has 0 aliphatic rings. The van der Waals surface area contributed by atoms with Gasteiger partial charge in [-0.1, -0.05) is 37.6 Å². The number of rotatable bonds is 7. The SMILES string of the molecule is CCCCc1ccc2[nH]c(=O)c(/C=N/NC(=O)c3nn(-c4ccccc4)c(=O)c(C#N)c3C)cc2c1. The molecule has 2 heterocycles. The van der Waals surface area contributed by atoms with Crippen LogP contribution in [0.3, 0.4) is 0 Å². The molecule has 0 radical (unpaired) electrons. The van der Waals surface area contributed by atoms with Crippen LogP contribution in [-0.4, -0.2) is 26.9 Å². The van der Waals surface area contributed by atoms with Crippen LogP contribution in [0, 0.1) is 18.3 Å². The number of nitrogens with one attached hydrogen (secondary N) is 2. The van der Waals surface area contributed by atoms with Gasteiger partial charge in [-0.15, -0.1) is 0 Å². The number of carbonyl (C=O) groups is 1. The highest BCUT2D eigenvalue weighted by molar-refractivity contribution is 5.95. The zero-order valence-electron chi connectivity index (χ0n) is 19.9. The summed E-state index contributed by atoms with van der Waals surface area (Å²) in [6.45, 7) is 3.61. The second kappa shape index (κ2) is 10.6. The number of aromatic amines is 1. The maximum atomic E-state index is 12.9. The number of nitrogens with zero attached hydrogens (tertiary/aromatic N) is 4. The Kier molecular flexibility index (Phi) is 7.16. The first kappa shape index (κ1) is 24.3. The molecule has 0 atom stereocenters. The monoisotopic (exact) mass is 480 g/mol. The Balaban J connectivity index is 1.62. The van der Waals surface area contributed by atoms with Crippen molar-refractivity contribution in [2.24, 2.45) is 5.10 Å². The molecule has 0 unspecified atom stereocenters. The van der Waals surface area contributed by atoms with Crippen molar-refractivity contribution in [1.82, 2.24) is 20.2 Å². The maximum Gasteiger partial charge on any atom is 0.292 e. The summed E-state index contributed by atoms with van der Waals surface area (Å²) in [7, 11) is 0. The van der Waals surface area contributed by atoms with E-state index in [9.17, 15) is 19.6 Å². The van der Waals surface area contributed by atoms with E-state index in [1.165, 1.54) is 18.7 Å². The Labute approximate surface area is 206 Å². The lowest BCUT2D eigenvalue weighted by Gasteiger charge is -2.10. The van der Waals surface area contributed by atoms with Crippen molar-refractivity contribution in [2.45, 2.75) is 33.1 Å². The van der Waals surface area contributed by atoms with Crippen LogP contribution in [0.2, 0.25) is 0 Å². The minimum Gasteiger partial charge on any atom is -0.321 e. The van der Waals surface area contributed by atoms with Gasteiger partial charge < -0.3 is 4.98 Å². The van der Waals surface area contributed by atoms with Gasteiger partial charge in [0.15, 0.2) is 5.69 Å². The average Bonchev–Trinajstić information content (AvgIpc) is 2.88.